The second kappa shape index (κ2) is 17.6. The van der Waals surface area contributed by atoms with Crippen LogP contribution in [-0.4, -0.2) is 138 Å². The zero-order valence-electron chi connectivity index (χ0n) is 37.1. The Hall–Kier alpha value is -2.04. The molecule has 22 atom stereocenters. The predicted octanol–water partition coefficient (Wildman–Crippen LogP) is 5.95. The largest absolute Gasteiger partial charge is 0.459 e. The molecule has 8 fully saturated rings. The highest BCUT2D eigenvalue weighted by molar-refractivity contribution is 5.72. The van der Waals surface area contributed by atoms with Crippen LogP contribution in [0.2, 0.25) is 0 Å². The summed E-state index contributed by atoms with van der Waals surface area (Å²) in [5.41, 5.74) is -0.638. The van der Waals surface area contributed by atoms with E-state index in [9.17, 15) is 14.7 Å². The standard InChI is InChI=1S/C49H70O13/c1-26-17-36-39(22-45(52)58-36)57-44-21-38-40(62-48(44,4)23-26)18-28(3)46-35(55-38)11-7-6-10-31-32(59-46)12-8-14-34-33(54-31)13-9-15-43-49(5,61-34)24-42-37(56-43)20-41-47(60-42)30(51)19-29(53-41)16-27(2)25-50/h6-8,14,25-26,28-44,46-47,51H,2,9-13,15-24H2,1,3-5H3/b7-6-,14-8-/t26-,28-,29+,30-,31+,32-,33-,34+,35-,36-,37-,38+,39+,40-,41+,42+,43+,44-,46+,47-,48+,49-/m0/s1. The summed E-state index contributed by atoms with van der Waals surface area (Å²) >= 11 is 0. The summed E-state index contributed by atoms with van der Waals surface area (Å²) in [6.07, 6.45) is 15.7. The Bertz CT molecular complexity index is 1720. The van der Waals surface area contributed by atoms with Gasteiger partial charge in [-0.1, -0.05) is 44.7 Å². The van der Waals surface area contributed by atoms with Gasteiger partial charge in [0.25, 0.3) is 0 Å². The molecule has 0 bridgehead atoms. The molecule has 10 aliphatic heterocycles. The molecule has 62 heavy (non-hydrogen) atoms. The second-order valence-corrected chi connectivity index (χ2v) is 21.2. The fourth-order valence-corrected chi connectivity index (χ4v) is 13.2. The Labute approximate surface area is 366 Å². The molecular formula is C49H70O13. The Balaban J connectivity index is 0.817. The van der Waals surface area contributed by atoms with Crippen molar-refractivity contribution in [2.45, 2.75) is 245 Å². The average molecular weight is 867 g/mol. The topological polar surface area (TPSA) is 147 Å². The summed E-state index contributed by atoms with van der Waals surface area (Å²) in [5.74, 6) is 0.336. The van der Waals surface area contributed by atoms with E-state index >= 15 is 0 Å². The first-order valence-electron chi connectivity index (χ1n) is 24.1. The van der Waals surface area contributed by atoms with Gasteiger partial charge in [-0.25, -0.2) is 0 Å². The lowest BCUT2D eigenvalue weighted by atomic mass is 9.78. The van der Waals surface area contributed by atoms with Crippen molar-refractivity contribution in [2.24, 2.45) is 11.8 Å². The molecule has 0 spiro atoms. The van der Waals surface area contributed by atoms with E-state index < -0.39 is 23.4 Å². The third kappa shape index (κ3) is 8.71. The smallest absolute Gasteiger partial charge is 0.308 e. The van der Waals surface area contributed by atoms with Gasteiger partial charge >= 0.3 is 5.97 Å². The Kier molecular flexibility index (Phi) is 12.5. The highest BCUT2D eigenvalue weighted by atomic mass is 16.6. The maximum atomic E-state index is 12.3. The minimum atomic E-state index is -0.697. The molecule has 0 aromatic rings. The Morgan fingerprint density at radius 2 is 1.42 bits per heavy atom. The third-order valence-electron chi connectivity index (χ3n) is 16.2. The summed E-state index contributed by atoms with van der Waals surface area (Å²) in [5, 5.41) is 11.2. The van der Waals surface area contributed by atoms with Crippen molar-refractivity contribution in [3.8, 4) is 0 Å². The summed E-state index contributed by atoms with van der Waals surface area (Å²) < 4.78 is 68.1. The molecule has 13 nitrogen and oxygen atoms in total. The van der Waals surface area contributed by atoms with E-state index in [-0.39, 0.29) is 110 Å². The number of hydrogen-bond donors (Lipinski definition) is 1. The molecule has 10 rings (SSSR count). The maximum Gasteiger partial charge on any atom is 0.308 e. The molecule has 8 saturated heterocycles. The first-order chi connectivity index (χ1) is 29.8. The first-order valence-corrected chi connectivity index (χ1v) is 24.1. The maximum absolute atomic E-state index is 12.3. The minimum Gasteiger partial charge on any atom is -0.459 e. The fourth-order valence-electron chi connectivity index (χ4n) is 13.2. The summed E-state index contributed by atoms with van der Waals surface area (Å²) in [6.45, 7) is 12.7. The van der Waals surface area contributed by atoms with Crippen molar-refractivity contribution < 1.29 is 62.1 Å². The molecule has 0 saturated carbocycles. The van der Waals surface area contributed by atoms with Crippen LogP contribution < -0.4 is 0 Å². The summed E-state index contributed by atoms with van der Waals surface area (Å²) in [4.78, 5) is 23.6. The molecule has 0 aromatic carbocycles. The van der Waals surface area contributed by atoms with Gasteiger partial charge in [0.1, 0.15) is 30.7 Å². The van der Waals surface area contributed by atoms with Gasteiger partial charge in [-0.3, -0.25) is 9.59 Å². The quantitative estimate of drug-likeness (QED) is 0.155. The Morgan fingerprint density at radius 3 is 2.26 bits per heavy atom. The van der Waals surface area contributed by atoms with E-state index in [2.05, 4.69) is 58.6 Å². The number of esters is 1. The number of carbonyl (C=O) groups is 2. The van der Waals surface area contributed by atoms with Gasteiger partial charge in [-0.05, 0) is 89.0 Å². The van der Waals surface area contributed by atoms with Gasteiger partial charge in [-0.2, -0.15) is 0 Å². The van der Waals surface area contributed by atoms with Crippen LogP contribution in [0.4, 0.5) is 0 Å². The van der Waals surface area contributed by atoms with Crippen LogP contribution in [-0.2, 0) is 57.0 Å². The normalized spacial score (nSPS) is 53.8. The lowest BCUT2D eigenvalue weighted by molar-refractivity contribution is -0.316. The molecule has 0 aliphatic carbocycles. The van der Waals surface area contributed by atoms with E-state index in [4.69, 9.17) is 47.4 Å². The molecule has 0 aromatic heterocycles. The van der Waals surface area contributed by atoms with Gasteiger partial charge < -0.3 is 52.5 Å². The monoisotopic (exact) mass is 866 g/mol. The molecule has 0 radical (unpaired) electrons. The van der Waals surface area contributed by atoms with Crippen molar-refractivity contribution >= 4 is 12.3 Å². The minimum absolute atomic E-state index is 0.0861. The number of aldehydes is 1. The molecule has 13 heteroatoms. The van der Waals surface area contributed by atoms with Crippen LogP contribution in [0.15, 0.2) is 36.5 Å². The van der Waals surface area contributed by atoms with Crippen molar-refractivity contribution in [3.63, 3.8) is 0 Å². The van der Waals surface area contributed by atoms with Crippen LogP contribution in [0.25, 0.3) is 0 Å². The van der Waals surface area contributed by atoms with E-state index in [0.29, 0.717) is 56.4 Å². The van der Waals surface area contributed by atoms with Crippen molar-refractivity contribution in [1.29, 1.82) is 0 Å². The van der Waals surface area contributed by atoms with Crippen molar-refractivity contribution in [2.75, 3.05) is 0 Å². The molecule has 0 unspecified atom stereocenters. The SMILES string of the molecule is C=C(C=O)C[C@@H]1C[C@H](O)[C@@H]2O[C@@H]3C[C@]4(C)O[C@@H]5/C=C\C[C@@H]6O[C@H]7[C@H](C/C=C\C[C@H]6O[C@H]5CCC[C@H]4O[C@H]3C[C@H]2O1)O[C@@H]1C[C@@H]2O[C@@H]3CC(=O)O[C@H]3C[C@H](C)C[C@@]2(C)O[C@H]1C[C@@H]7C. The third-order valence-corrected chi connectivity index (χ3v) is 16.2. The number of aliphatic hydroxyl groups excluding tert-OH is 1. The Morgan fingerprint density at radius 1 is 0.694 bits per heavy atom. The van der Waals surface area contributed by atoms with Crippen LogP contribution >= 0.6 is 0 Å². The molecule has 10 aliphatic rings. The molecule has 10 heterocycles. The predicted molar refractivity (Wildman–Crippen MR) is 224 cm³/mol. The van der Waals surface area contributed by atoms with Crippen molar-refractivity contribution in [1.82, 2.24) is 0 Å². The van der Waals surface area contributed by atoms with E-state index in [1.165, 1.54) is 0 Å². The van der Waals surface area contributed by atoms with E-state index in [0.717, 1.165) is 57.7 Å². The number of fused-ring (bicyclic) bond motifs is 9. The summed E-state index contributed by atoms with van der Waals surface area (Å²) in [6, 6.07) is 0. The highest BCUT2D eigenvalue weighted by Gasteiger charge is 2.57. The number of aliphatic hydroxyl groups is 1. The van der Waals surface area contributed by atoms with Crippen molar-refractivity contribution in [3.05, 3.63) is 36.5 Å². The lowest BCUT2D eigenvalue weighted by Gasteiger charge is -2.55. The number of carbonyl (C=O) groups excluding carboxylic acids is 2. The summed E-state index contributed by atoms with van der Waals surface area (Å²) in [7, 11) is 0. The first kappa shape index (κ1) is 43.8. The zero-order valence-corrected chi connectivity index (χ0v) is 37.1. The number of rotatable bonds is 3. The van der Waals surface area contributed by atoms with Crippen LogP contribution in [0.1, 0.15) is 124 Å². The fraction of sp³-hybridized carbons (Fsp3) is 0.837. The molecular weight excluding hydrogens is 797 g/mol. The number of hydrogen-bond acceptors (Lipinski definition) is 13. The van der Waals surface area contributed by atoms with Gasteiger partial charge in [-0.15, -0.1) is 0 Å². The van der Waals surface area contributed by atoms with E-state index in [1.807, 2.05) is 0 Å². The van der Waals surface area contributed by atoms with Gasteiger partial charge in [0, 0.05) is 32.1 Å². The van der Waals surface area contributed by atoms with Gasteiger partial charge in [0.15, 0.2) is 0 Å². The molecule has 344 valence electrons. The zero-order chi connectivity index (χ0) is 42.9. The number of ether oxygens (including phenoxy) is 10. The van der Waals surface area contributed by atoms with Crippen LogP contribution in [0.3, 0.4) is 0 Å². The van der Waals surface area contributed by atoms with Crippen LogP contribution in [0, 0.1) is 11.8 Å². The van der Waals surface area contributed by atoms with E-state index in [1.54, 1.807) is 0 Å². The average Bonchev–Trinajstić information content (AvgIpc) is 3.52. The molecule has 1 N–H and O–H groups in total. The van der Waals surface area contributed by atoms with Gasteiger partial charge in [0.2, 0.25) is 0 Å². The second-order valence-electron chi connectivity index (χ2n) is 21.2. The van der Waals surface area contributed by atoms with Gasteiger partial charge in [0.05, 0.1) is 103 Å². The van der Waals surface area contributed by atoms with Crippen LogP contribution in [0.5, 0.6) is 0 Å². The highest BCUT2D eigenvalue weighted by Crippen LogP contribution is 2.48. The molecule has 0 amide bonds. The lowest BCUT2D eigenvalue weighted by Crippen LogP contribution is -2.65.